The van der Waals surface area contributed by atoms with Gasteiger partial charge >= 0.3 is 0 Å². The van der Waals surface area contributed by atoms with E-state index in [4.69, 9.17) is 15.7 Å². The van der Waals surface area contributed by atoms with E-state index in [2.05, 4.69) is 20.3 Å². The lowest BCUT2D eigenvalue weighted by atomic mass is 10.1. The second-order valence-electron chi connectivity index (χ2n) is 5.74. The van der Waals surface area contributed by atoms with E-state index in [1.165, 1.54) is 19.3 Å². The number of nitrogens with zero attached hydrogens (tertiary/aromatic N) is 3. The van der Waals surface area contributed by atoms with Crippen molar-refractivity contribution in [2.45, 2.75) is 38.6 Å². The lowest BCUT2D eigenvalue weighted by molar-refractivity contribution is 0.112. The van der Waals surface area contributed by atoms with E-state index in [1.807, 2.05) is 7.05 Å². The minimum Gasteiger partial charge on any atom is -0.360 e. The number of rotatable bonds is 5. The summed E-state index contributed by atoms with van der Waals surface area (Å²) < 4.78 is 0. The molecule has 0 saturated carbocycles. The number of amidine groups is 3. The molecule has 0 aliphatic carbocycles. The highest BCUT2D eigenvalue weighted by Gasteiger charge is 2.27. The lowest BCUT2D eigenvalue weighted by Gasteiger charge is -2.31. The van der Waals surface area contributed by atoms with Crippen molar-refractivity contribution in [3.05, 3.63) is 0 Å². The van der Waals surface area contributed by atoms with E-state index in [-0.39, 0.29) is 11.9 Å². The van der Waals surface area contributed by atoms with Crippen LogP contribution in [0.3, 0.4) is 0 Å². The van der Waals surface area contributed by atoms with Gasteiger partial charge in [0.25, 0.3) is 0 Å². The Morgan fingerprint density at radius 2 is 2.05 bits per heavy atom. The maximum atomic E-state index is 8.27. The number of likely N-dealkylation sites (tertiary alicyclic amines) is 1. The van der Waals surface area contributed by atoms with Crippen LogP contribution in [0.15, 0.2) is 4.99 Å². The first-order valence-electron chi connectivity index (χ1n) is 7.59. The summed E-state index contributed by atoms with van der Waals surface area (Å²) in [5, 5.41) is 15.5. The predicted molar refractivity (Wildman–Crippen MR) is 84.1 cm³/mol. The number of piperidine rings is 1. The number of nitrogens with one attached hydrogen (secondary N) is 3. The highest BCUT2D eigenvalue weighted by atomic mass is 16.6. The van der Waals surface area contributed by atoms with Crippen molar-refractivity contribution < 1.29 is 4.84 Å². The molecule has 118 valence electrons. The fraction of sp³-hybridized carbons (Fsp3) is 0.786. The Labute approximate surface area is 126 Å². The molecule has 0 bridgehead atoms. The van der Waals surface area contributed by atoms with Gasteiger partial charge in [-0.1, -0.05) is 0 Å². The first-order valence-corrected chi connectivity index (χ1v) is 7.59. The number of hydrogen-bond donors (Lipinski definition) is 3. The zero-order valence-corrected chi connectivity index (χ0v) is 13.0. The van der Waals surface area contributed by atoms with E-state index in [1.54, 1.807) is 6.92 Å². The molecule has 2 heterocycles. The van der Waals surface area contributed by atoms with E-state index >= 15 is 0 Å². The van der Waals surface area contributed by atoms with Crippen LogP contribution in [0.5, 0.6) is 0 Å². The fourth-order valence-corrected chi connectivity index (χ4v) is 2.73. The summed E-state index contributed by atoms with van der Waals surface area (Å²) in [5.41, 5.74) is 2.53. The molecule has 7 heteroatoms. The summed E-state index contributed by atoms with van der Waals surface area (Å²) in [5.74, 6) is 1.89. The lowest BCUT2D eigenvalue weighted by Crippen LogP contribution is -2.42. The highest BCUT2D eigenvalue weighted by Crippen LogP contribution is 2.16. The van der Waals surface area contributed by atoms with Crippen LogP contribution < -0.4 is 5.48 Å². The summed E-state index contributed by atoms with van der Waals surface area (Å²) in [4.78, 5) is 14.0. The molecule has 2 aliphatic rings. The van der Waals surface area contributed by atoms with E-state index in [9.17, 15) is 0 Å². The molecule has 1 saturated heterocycles. The smallest absolute Gasteiger partial charge is 0.132 e. The molecular formula is C14H26N6O. The van der Waals surface area contributed by atoms with Gasteiger partial charge in [0.05, 0.1) is 18.4 Å². The summed E-state index contributed by atoms with van der Waals surface area (Å²) in [6.45, 7) is 4.74. The van der Waals surface area contributed by atoms with Crippen molar-refractivity contribution in [3.8, 4) is 0 Å². The Morgan fingerprint density at radius 1 is 1.33 bits per heavy atom. The van der Waals surface area contributed by atoms with Gasteiger partial charge in [0.2, 0.25) is 0 Å². The molecular weight excluding hydrogens is 268 g/mol. The van der Waals surface area contributed by atoms with Crippen LogP contribution in [0.2, 0.25) is 0 Å². The molecule has 3 N–H and O–H groups in total. The Bertz CT molecular complexity index is 416. The van der Waals surface area contributed by atoms with Gasteiger partial charge in [-0.25, -0.2) is 0 Å². The third kappa shape index (κ3) is 4.42. The van der Waals surface area contributed by atoms with Crippen LogP contribution in [0.25, 0.3) is 0 Å². The molecule has 1 fully saturated rings. The average Bonchev–Trinajstić information content (AvgIpc) is 2.81. The molecule has 7 nitrogen and oxygen atoms in total. The van der Waals surface area contributed by atoms with Crippen molar-refractivity contribution in [1.29, 1.82) is 10.8 Å². The molecule has 2 rings (SSSR count). The van der Waals surface area contributed by atoms with Gasteiger partial charge in [0.1, 0.15) is 18.3 Å². The maximum absolute atomic E-state index is 8.27. The fourth-order valence-electron chi connectivity index (χ4n) is 2.73. The topological polar surface area (TPSA) is 87.8 Å². The minimum atomic E-state index is 0.249. The Balaban J connectivity index is 1.75. The van der Waals surface area contributed by atoms with Gasteiger partial charge < -0.3 is 9.80 Å². The van der Waals surface area contributed by atoms with Crippen LogP contribution in [0, 0.1) is 10.8 Å². The van der Waals surface area contributed by atoms with Gasteiger partial charge in [-0.05, 0) is 26.2 Å². The van der Waals surface area contributed by atoms with E-state index < -0.39 is 0 Å². The van der Waals surface area contributed by atoms with Gasteiger partial charge in [0, 0.05) is 26.6 Å². The second kappa shape index (κ2) is 7.40. The highest BCUT2D eigenvalue weighted by molar-refractivity contribution is 5.87. The van der Waals surface area contributed by atoms with Gasteiger partial charge in [-0.15, -0.1) is 0 Å². The standard InChI is InChI=1S/C14H26N6O/c1-11(15)18-21-10-14-17-9-12(19(14)2)8-13(16)20-6-4-3-5-7-20/h12,16H,3-10H2,1-2H3,(H2,15,18). The van der Waals surface area contributed by atoms with Crippen LogP contribution >= 0.6 is 0 Å². The molecule has 0 radical (unpaired) electrons. The Hall–Kier alpha value is -1.63. The Morgan fingerprint density at radius 3 is 2.71 bits per heavy atom. The molecule has 0 aromatic heterocycles. The van der Waals surface area contributed by atoms with Crippen molar-refractivity contribution in [2.75, 3.05) is 33.3 Å². The molecule has 0 aromatic rings. The molecule has 21 heavy (non-hydrogen) atoms. The first kappa shape index (κ1) is 15.8. The second-order valence-corrected chi connectivity index (χ2v) is 5.74. The van der Waals surface area contributed by atoms with Crippen LogP contribution in [-0.2, 0) is 4.84 Å². The summed E-state index contributed by atoms with van der Waals surface area (Å²) in [6, 6.07) is 0.249. The van der Waals surface area contributed by atoms with Crippen molar-refractivity contribution in [3.63, 3.8) is 0 Å². The van der Waals surface area contributed by atoms with E-state index in [0.717, 1.165) is 37.7 Å². The van der Waals surface area contributed by atoms with E-state index in [0.29, 0.717) is 6.61 Å². The summed E-state index contributed by atoms with van der Waals surface area (Å²) >= 11 is 0. The average molecular weight is 294 g/mol. The maximum Gasteiger partial charge on any atom is 0.132 e. The molecule has 0 spiro atoms. The van der Waals surface area contributed by atoms with Crippen molar-refractivity contribution in [2.24, 2.45) is 4.99 Å². The zero-order chi connectivity index (χ0) is 15.2. The van der Waals surface area contributed by atoms with Crippen LogP contribution in [0.4, 0.5) is 0 Å². The summed E-state index contributed by atoms with van der Waals surface area (Å²) in [6.07, 6.45) is 4.43. The predicted octanol–water partition coefficient (Wildman–Crippen LogP) is 1.07. The number of aliphatic imine (C=N–C) groups is 1. The number of hydroxylamine groups is 1. The molecule has 1 unspecified atom stereocenters. The normalized spacial score (nSPS) is 22.2. The van der Waals surface area contributed by atoms with Crippen molar-refractivity contribution in [1.82, 2.24) is 15.3 Å². The van der Waals surface area contributed by atoms with Gasteiger partial charge in [-0.2, -0.15) is 0 Å². The van der Waals surface area contributed by atoms with Crippen LogP contribution in [0.1, 0.15) is 32.6 Å². The Kier molecular flexibility index (Phi) is 5.55. The quantitative estimate of drug-likeness (QED) is 0.402. The zero-order valence-electron chi connectivity index (χ0n) is 13.0. The number of hydrogen-bond acceptors (Lipinski definition) is 5. The SMILES string of the molecule is CC(=N)NOCC1=NCC(CC(=N)N2CCCCC2)N1C. The third-order valence-electron chi connectivity index (χ3n) is 4.03. The molecule has 2 aliphatic heterocycles. The van der Waals surface area contributed by atoms with Gasteiger partial charge in [-0.3, -0.25) is 26.1 Å². The van der Waals surface area contributed by atoms with Gasteiger partial charge in [0.15, 0.2) is 0 Å². The van der Waals surface area contributed by atoms with Crippen molar-refractivity contribution >= 4 is 17.5 Å². The molecule has 0 aromatic carbocycles. The first-order chi connectivity index (χ1) is 10.1. The molecule has 1 atom stereocenters. The number of likely N-dealkylation sites (N-methyl/N-ethyl adjacent to an activating group) is 1. The summed E-state index contributed by atoms with van der Waals surface area (Å²) in [7, 11) is 2.00. The largest absolute Gasteiger partial charge is 0.360 e. The minimum absolute atomic E-state index is 0.249. The third-order valence-corrected chi connectivity index (χ3v) is 4.03. The van der Waals surface area contributed by atoms with Crippen LogP contribution in [-0.4, -0.2) is 66.6 Å². The molecule has 0 amide bonds. The monoisotopic (exact) mass is 294 g/mol.